The molecule has 7 heteroatoms. The molecule has 0 saturated heterocycles. The number of aromatic nitrogens is 4. The number of benzene rings is 3. The first-order valence-electron chi connectivity index (χ1n) is 14.6. The lowest BCUT2D eigenvalue weighted by Gasteiger charge is -2.20. The Kier molecular flexibility index (Phi) is 7.45. The Hall–Kier alpha value is -4.23. The van der Waals surface area contributed by atoms with E-state index in [2.05, 4.69) is 63.6 Å². The third kappa shape index (κ3) is 5.88. The Morgan fingerprint density at radius 2 is 1.79 bits per heavy atom. The summed E-state index contributed by atoms with van der Waals surface area (Å²) < 4.78 is 15.3. The molecule has 1 aliphatic rings. The van der Waals surface area contributed by atoms with Crippen LogP contribution in [0.4, 0.5) is 0 Å². The minimum absolute atomic E-state index is 0.309. The molecule has 2 aromatic heterocycles. The van der Waals surface area contributed by atoms with Crippen LogP contribution in [0, 0.1) is 6.92 Å². The minimum atomic E-state index is -0.552. The average Bonchev–Trinajstić information content (AvgIpc) is 3.58. The van der Waals surface area contributed by atoms with E-state index >= 15 is 0 Å². The lowest BCUT2D eigenvalue weighted by Crippen LogP contribution is -2.24. The van der Waals surface area contributed by atoms with Gasteiger partial charge >= 0.3 is 5.97 Å². The molecule has 0 atom stereocenters. The van der Waals surface area contributed by atoms with E-state index in [1.807, 2.05) is 51.4 Å². The van der Waals surface area contributed by atoms with Gasteiger partial charge in [0, 0.05) is 37.9 Å². The van der Waals surface area contributed by atoms with Crippen molar-refractivity contribution < 1.29 is 14.3 Å². The first kappa shape index (κ1) is 27.9. The Balaban J connectivity index is 1.32. The van der Waals surface area contributed by atoms with E-state index in [9.17, 15) is 4.79 Å². The zero-order valence-electron chi connectivity index (χ0n) is 25.1. The molecule has 1 fully saturated rings. The maximum absolute atomic E-state index is 12.9. The van der Waals surface area contributed by atoms with Gasteiger partial charge in [-0.2, -0.15) is 0 Å². The van der Waals surface area contributed by atoms with Gasteiger partial charge in [0.15, 0.2) is 0 Å². The Morgan fingerprint density at radius 3 is 2.50 bits per heavy atom. The van der Waals surface area contributed by atoms with Gasteiger partial charge in [0.25, 0.3) is 0 Å². The highest BCUT2D eigenvalue weighted by molar-refractivity contribution is 5.97. The zero-order chi connectivity index (χ0) is 29.4. The fourth-order valence-corrected chi connectivity index (χ4v) is 5.42. The van der Waals surface area contributed by atoms with Crippen molar-refractivity contribution in [2.24, 2.45) is 0 Å². The highest BCUT2D eigenvalue weighted by Gasteiger charge is 2.30. The first-order chi connectivity index (χ1) is 20.2. The van der Waals surface area contributed by atoms with E-state index in [-0.39, 0.29) is 5.97 Å². The molecule has 0 aliphatic heterocycles. The fourth-order valence-electron chi connectivity index (χ4n) is 5.42. The van der Waals surface area contributed by atoms with Crippen molar-refractivity contribution in [1.82, 2.24) is 19.1 Å². The lowest BCUT2D eigenvalue weighted by molar-refractivity contribution is 0.00704. The summed E-state index contributed by atoms with van der Waals surface area (Å²) in [5, 5.41) is 0. The summed E-state index contributed by atoms with van der Waals surface area (Å²) in [5.41, 5.74) is 8.45. The maximum Gasteiger partial charge on any atom is 0.339 e. The van der Waals surface area contributed by atoms with Gasteiger partial charge in [0.05, 0.1) is 35.2 Å². The molecule has 216 valence electrons. The Morgan fingerprint density at radius 1 is 1.02 bits per heavy atom. The van der Waals surface area contributed by atoms with Crippen LogP contribution in [0.5, 0.6) is 0 Å². The van der Waals surface area contributed by atoms with Crippen molar-refractivity contribution in [1.29, 1.82) is 0 Å². The van der Waals surface area contributed by atoms with Crippen LogP contribution in [0.15, 0.2) is 73.2 Å². The van der Waals surface area contributed by atoms with E-state index in [0.29, 0.717) is 18.1 Å². The number of nitrogens with zero attached hydrogens (tertiary/aromatic N) is 4. The van der Waals surface area contributed by atoms with Gasteiger partial charge in [-0.15, -0.1) is 0 Å². The molecule has 0 N–H and O–H groups in total. The van der Waals surface area contributed by atoms with Crippen LogP contribution < -0.4 is 0 Å². The molecule has 0 radical (unpaired) electrons. The molecule has 5 aromatic rings. The molecule has 0 spiro atoms. The van der Waals surface area contributed by atoms with Gasteiger partial charge < -0.3 is 18.6 Å². The van der Waals surface area contributed by atoms with Gasteiger partial charge in [-0.05, 0) is 81.0 Å². The second-order valence-corrected chi connectivity index (χ2v) is 12.2. The third-order valence-electron chi connectivity index (χ3n) is 7.65. The highest BCUT2D eigenvalue weighted by atomic mass is 16.6. The van der Waals surface area contributed by atoms with Crippen molar-refractivity contribution in [3.8, 4) is 22.4 Å². The fraction of sp³-hybridized carbons (Fsp3) is 0.343. The van der Waals surface area contributed by atoms with Crippen molar-refractivity contribution in [2.75, 3.05) is 13.7 Å². The van der Waals surface area contributed by atoms with Gasteiger partial charge in [-0.25, -0.2) is 14.8 Å². The second kappa shape index (κ2) is 11.2. The molecule has 1 saturated carbocycles. The summed E-state index contributed by atoms with van der Waals surface area (Å²) in [5.74, 6) is 1.36. The van der Waals surface area contributed by atoms with Crippen molar-refractivity contribution >= 4 is 17.0 Å². The predicted octanol–water partition coefficient (Wildman–Crippen LogP) is 7.40. The maximum atomic E-state index is 12.9. The van der Waals surface area contributed by atoms with E-state index in [0.717, 1.165) is 57.9 Å². The van der Waals surface area contributed by atoms with Crippen LogP contribution in [0.25, 0.3) is 33.4 Å². The minimum Gasteiger partial charge on any atom is -0.456 e. The quantitative estimate of drug-likeness (QED) is 0.175. The molecule has 7 nitrogen and oxygen atoms in total. The second-order valence-electron chi connectivity index (χ2n) is 12.2. The number of carbonyl (C=O) groups excluding carboxylic acids is 1. The number of rotatable bonds is 9. The van der Waals surface area contributed by atoms with E-state index in [1.54, 1.807) is 7.11 Å². The molecule has 0 bridgehead atoms. The largest absolute Gasteiger partial charge is 0.456 e. The molecular weight excluding hydrogens is 524 g/mol. The summed E-state index contributed by atoms with van der Waals surface area (Å²) in [6.45, 7) is 9.94. The van der Waals surface area contributed by atoms with E-state index in [1.165, 1.54) is 18.4 Å². The molecule has 0 unspecified atom stereocenters. The zero-order valence-corrected chi connectivity index (χ0v) is 25.1. The number of fused-ring (bicyclic) bond motifs is 1. The van der Waals surface area contributed by atoms with Crippen LogP contribution in [0.1, 0.15) is 66.8 Å². The van der Waals surface area contributed by atoms with Crippen molar-refractivity contribution in [2.45, 2.75) is 65.1 Å². The summed E-state index contributed by atoms with van der Waals surface area (Å²) in [6.07, 6.45) is 6.30. The van der Waals surface area contributed by atoms with E-state index in [4.69, 9.17) is 14.5 Å². The van der Waals surface area contributed by atoms with Crippen LogP contribution in [0.2, 0.25) is 0 Å². The van der Waals surface area contributed by atoms with Crippen LogP contribution >= 0.6 is 0 Å². The summed E-state index contributed by atoms with van der Waals surface area (Å²) in [4.78, 5) is 22.7. The highest BCUT2D eigenvalue weighted by Crippen LogP contribution is 2.42. The molecular formula is C35H38N4O3. The van der Waals surface area contributed by atoms with Gasteiger partial charge in [0.2, 0.25) is 0 Å². The summed E-state index contributed by atoms with van der Waals surface area (Å²) in [6, 6.07) is 20.6. The van der Waals surface area contributed by atoms with Gasteiger partial charge in [-0.1, -0.05) is 42.5 Å². The number of imidazole rings is 2. The average molecular weight is 563 g/mol. The smallest absolute Gasteiger partial charge is 0.339 e. The Labute approximate surface area is 247 Å². The molecule has 3 aromatic carbocycles. The summed E-state index contributed by atoms with van der Waals surface area (Å²) in [7, 11) is 1.71. The van der Waals surface area contributed by atoms with Crippen LogP contribution in [-0.2, 0) is 22.6 Å². The normalized spacial score (nSPS) is 13.5. The van der Waals surface area contributed by atoms with Crippen LogP contribution in [-0.4, -0.2) is 44.4 Å². The standard InChI is InChI=1S/C35H38N4O3/c1-23-18-27(30-21-38(22-36-30)16-17-41-5)19-31-32(23)37-33(26-14-15-26)39(31)20-24-10-12-25(13-11-24)28-8-6-7-9-29(28)34(40)42-35(2,3)4/h6-13,18-19,21-22,26H,14-17,20H2,1-5H3. The molecule has 42 heavy (non-hydrogen) atoms. The van der Waals surface area contributed by atoms with Crippen molar-refractivity contribution in [3.63, 3.8) is 0 Å². The number of hydrogen-bond donors (Lipinski definition) is 0. The lowest BCUT2D eigenvalue weighted by atomic mass is 9.98. The monoisotopic (exact) mass is 562 g/mol. The topological polar surface area (TPSA) is 71.2 Å². The van der Waals surface area contributed by atoms with Gasteiger partial charge in [0.1, 0.15) is 11.4 Å². The van der Waals surface area contributed by atoms with Crippen molar-refractivity contribution in [3.05, 3.63) is 95.7 Å². The molecule has 6 rings (SSSR count). The number of methoxy groups -OCH3 is 1. The Bertz CT molecular complexity index is 1740. The van der Waals surface area contributed by atoms with Gasteiger partial charge in [-0.3, -0.25) is 0 Å². The number of esters is 1. The summed E-state index contributed by atoms with van der Waals surface area (Å²) >= 11 is 0. The SMILES string of the molecule is COCCn1cnc(-c2cc(C)c3nc(C4CC4)n(Cc4ccc(-c5ccccc5C(=O)OC(C)(C)C)cc4)c3c2)c1. The first-order valence-corrected chi connectivity index (χ1v) is 14.6. The number of aryl methyl sites for hydroxylation is 1. The third-order valence-corrected chi connectivity index (χ3v) is 7.65. The number of hydrogen-bond acceptors (Lipinski definition) is 5. The molecule has 2 heterocycles. The molecule has 1 aliphatic carbocycles. The van der Waals surface area contributed by atoms with Crippen LogP contribution in [0.3, 0.4) is 0 Å². The number of ether oxygens (including phenoxy) is 2. The predicted molar refractivity (Wildman–Crippen MR) is 166 cm³/mol. The number of carbonyl (C=O) groups is 1. The van der Waals surface area contributed by atoms with E-state index < -0.39 is 5.60 Å². The molecule has 0 amide bonds.